The van der Waals surface area contributed by atoms with E-state index in [1.807, 2.05) is 30.3 Å². The molecule has 1 aromatic carbocycles. The predicted molar refractivity (Wildman–Crippen MR) is 135 cm³/mol. The van der Waals surface area contributed by atoms with Gasteiger partial charge in [0.15, 0.2) is 12.4 Å². The van der Waals surface area contributed by atoms with Gasteiger partial charge in [-0.2, -0.15) is 0 Å². The maximum atomic E-state index is 13.4. The first-order chi connectivity index (χ1) is 18.8. The summed E-state index contributed by atoms with van der Waals surface area (Å²) < 4.78 is 22.3. The van der Waals surface area contributed by atoms with Crippen molar-refractivity contribution < 1.29 is 43.6 Å². The zero-order valence-corrected chi connectivity index (χ0v) is 22.2. The van der Waals surface area contributed by atoms with Crippen LogP contribution in [0.5, 0.6) is 0 Å². The van der Waals surface area contributed by atoms with Crippen molar-refractivity contribution in [3.63, 3.8) is 0 Å². The van der Waals surface area contributed by atoms with E-state index in [0.29, 0.717) is 32.2 Å². The molecule has 2 N–H and O–H groups in total. The van der Waals surface area contributed by atoms with Gasteiger partial charge < -0.3 is 33.8 Å². The number of aliphatic hydroxyl groups is 1. The minimum absolute atomic E-state index is 0.0185. The molecule has 2 unspecified atom stereocenters. The summed E-state index contributed by atoms with van der Waals surface area (Å²) in [7, 11) is 0. The summed E-state index contributed by atoms with van der Waals surface area (Å²) in [6.07, 6.45) is -1.81. The third kappa shape index (κ3) is 7.22. The molecule has 1 amide bonds. The summed E-state index contributed by atoms with van der Waals surface area (Å²) >= 11 is 0. The number of aryl methyl sites for hydroxylation is 1. The molecule has 0 spiro atoms. The second-order valence-electron chi connectivity index (χ2n) is 9.99. The number of amides is 1. The molecule has 8 atom stereocenters. The van der Waals surface area contributed by atoms with Crippen LogP contribution in [0.2, 0.25) is 0 Å². The molecule has 1 aromatic rings. The Kier molecular flexibility index (Phi) is 10.1. The fourth-order valence-electron chi connectivity index (χ4n) is 5.47. The Balaban J connectivity index is 1.33. The smallest absolute Gasteiger partial charge is 0.323 e. The van der Waals surface area contributed by atoms with E-state index in [1.54, 1.807) is 18.7 Å². The highest BCUT2D eigenvalue weighted by molar-refractivity contribution is 5.83. The minimum Gasteiger partial charge on any atom is -0.465 e. The quantitative estimate of drug-likeness (QED) is 0.153. The van der Waals surface area contributed by atoms with Crippen LogP contribution in [0.1, 0.15) is 38.7 Å². The van der Waals surface area contributed by atoms with E-state index in [1.165, 1.54) is 0 Å². The van der Waals surface area contributed by atoms with Crippen LogP contribution in [0.3, 0.4) is 0 Å². The van der Waals surface area contributed by atoms with Gasteiger partial charge in [0.25, 0.3) is 5.09 Å². The van der Waals surface area contributed by atoms with E-state index in [9.17, 15) is 24.8 Å². The van der Waals surface area contributed by atoms with Crippen molar-refractivity contribution in [2.45, 2.75) is 88.4 Å². The number of nitrogens with one attached hydrogen (secondary N) is 1. The van der Waals surface area contributed by atoms with Crippen LogP contribution in [-0.4, -0.2) is 102 Å². The van der Waals surface area contributed by atoms with E-state index in [2.05, 4.69) is 10.2 Å². The maximum absolute atomic E-state index is 13.4. The minimum atomic E-state index is -1.31. The summed E-state index contributed by atoms with van der Waals surface area (Å²) in [5.74, 6) is -0.674. The van der Waals surface area contributed by atoms with Gasteiger partial charge in [-0.25, -0.2) is 0 Å². The van der Waals surface area contributed by atoms with Gasteiger partial charge in [0.1, 0.15) is 24.4 Å². The lowest BCUT2D eigenvalue weighted by molar-refractivity contribution is -0.769. The average molecular weight is 552 g/mol. The summed E-state index contributed by atoms with van der Waals surface area (Å²) in [5, 5.41) is 23.9. The van der Waals surface area contributed by atoms with Crippen molar-refractivity contribution in [1.29, 1.82) is 0 Å². The number of benzene rings is 1. The molecular weight excluding hydrogens is 514 g/mol. The zero-order chi connectivity index (χ0) is 27.9. The molecule has 3 fully saturated rings. The van der Waals surface area contributed by atoms with E-state index in [4.69, 9.17) is 18.9 Å². The normalized spacial score (nSPS) is 28.5. The SMILES string of the molecule is CCOC(=O)[C@H](CCc1ccccc1)N[C@@H](C)C(=O)N1CCC[C@H]1C(O)OC1CO[C@H]2[C@@H]1OC[C@H]2O[N+](=O)[O-]. The molecule has 0 radical (unpaired) electrons. The number of likely N-dealkylation sites (tertiary alicyclic amines) is 1. The Labute approximate surface area is 226 Å². The molecule has 39 heavy (non-hydrogen) atoms. The van der Waals surface area contributed by atoms with Gasteiger partial charge in [-0.1, -0.05) is 30.3 Å². The molecule has 0 aromatic heterocycles. The largest absolute Gasteiger partial charge is 0.465 e. The van der Waals surface area contributed by atoms with E-state index in [-0.39, 0.29) is 25.7 Å². The summed E-state index contributed by atoms with van der Waals surface area (Å²) in [5.41, 5.74) is 1.08. The standard InChI is InChI=1S/C26H37N3O10/c1-3-35-25(31)18(12-11-17-8-5-4-6-9-17)27-16(2)24(30)28-13-7-10-19(28)26(32)38-20-14-36-23-21(39-29(33)34)15-37-22(20)23/h4-6,8-9,16,18-23,26-27,32H,3,7,10-15H2,1-2H3/t16-,18-,19-,20?,21+,22+,23+,26?/m0/s1. The number of rotatable bonds is 13. The van der Waals surface area contributed by atoms with Gasteiger partial charge in [0, 0.05) is 6.54 Å². The van der Waals surface area contributed by atoms with E-state index < -0.39 is 59.9 Å². The Bertz CT molecular complexity index is 982. The van der Waals surface area contributed by atoms with E-state index in [0.717, 1.165) is 5.56 Å². The second-order valence-corrected chi connectivity index (χ2v) is 9.99. The number of esters is 1. The molecule has 216 valence electrons. The number of carbonyl (C=O) groups is 2. The van der Waals surface area contributed by atoms with Crippen molar-refractivity contribution in [3.05, 3.63) is 46.0 Å². The van der Waals surface area contributed by atoms with Crippen LogP contribution < -0.4 is 5.32 Å². The monoisotopic (exact) mass is 551 g/mol. The second kappa shape index (κ2) is 13.5. The van der Waals surface area contributed by atoms with Gasteiger partial charge in [-0.15, -0.1) is 10.1 Å². The van der Waals surface area contributed by atoms with Crippen molar-refractivity contribution in [2.24, 2.45) is 0 Å². The third-order valence-electron chi connectivity index (χ3n) is 7.37. The van der Waals surface area contributed by atoms with Gasteiger partial charge in [-0.3, -0.25) is 14.9 Å². The van der Waals surface area contributed by atoms with Crippen LogP contribution in [0.15, 0.2) is 30.3 Å². The molecule has 0 aliphatic carbocycles. The van der Waals surface area contributed by atoms with Crippen LogP contribution in [0.4, 0.5) is 0 Å². The number of aliphatic hydroxyl groups excluding tert-OH is 1. The number of carbonyl (C=O) groups excluding carboxylic acids is 2. The van der Waals surface area contributed by atoms with Crippen LogP contribution >= 0.6 is 0 Å². The van der Waals surface area contributed by atoms with Crippen LogP contribution in [-0.2, 0) is 39.8 Å². The number of hydrogen-bond acceptors (Lipinski definition) is 11. The molecule has 0 bridgehead atoms. The molecule has 4 rings (SSSR count). The number of fused-ring (bicyclic) bond motifs is 1. The molecule has 3 saturated heterocycles. The third-order valence-corrected chi connectivity index (χ3v) is 7.37. The fraction of sp³-hybridized carbons (Fsp3) is 0.692. The molecule has 13 heteroatoms. The number of ether oxygens (including phenoxy) is 4. The van der Waals surface area contributed by atoms with Gasteiger partial charge in [0.2, 0.25) is 5.91 Å². The molecule has 3 aliphatic heterocycles. The Morgan fingerprint density at radius 3 is 2.59 bits per heavy atom. The van der Waals surface area contributed by atoms with E-state index >= 15 is 0 Å². The van der Waals surface area contributed by atoms with Crippen LogP contribution in [0.25, 0.3) is 0 Å². The lowest BCUT2D eigenvalue weighted by Gasteiger charge is -2.33. The maximum Gasteiger partial charge on any atom is 0.323 e. The highest BCUT2D eigenvalue weighted by Gasteiger charge is 2.51. The van der Waals surface area contributed by atoms with Crippen molar-refractivity contribution in [1.82, 2.24) is 10.2 Å². The van der Waals surface area contributed by atoms with Crippen molar-refractivity contribution in [3.8, 4) is 0 Å². The molecular formula is C26H37N3O10. The predicted octanol–water partition coefficient (Wildman–Crippen LogP) is 0.598. The number of hydrogen-bond donors (Lipinski definition) is 2. The average Bonchev–Trinajstić information content (AvgIpc) is 3.65. The Hall–Kier alpha value is -2.84. The summed E-state index contributed by atoms with van der Waals surface area (Å²) in [6.45, 7) is 4.16. The lowest BCUT2D eigenvalue weighted by atomic mass is 10.0. The number of nitrogens with zero attached hydrogens (tertiary/aromatic N) is 2. The highest BCUT2D eigenvalue weighted by atomic mass is 17.0. The molecule has 0 saturated carbocycles. The first-order valence-corrected chi connectivity index (χ1v) is 13.4. The summed E-state index contributed by atoms with van der Waals surface area (Å²) in [6, 6.07) is 7.78. The first-order valence-electron chi connectivity index (χ1n) is 13.4. The van der Waals surface area contributed by atoms with Gasteiger partial charge in [-0.05, 0) is 45.1 Å². The van der Waals surface area contributed by atoms with Crippen LogP contribution in [0, 0.1) is 10.1 Å². The fourth-order valence-corrected chi connectivity index (χ4v) is 5.47. The lowest BCUT2D eigenvalue weighted by Crippen LogP contribution is -2.54. The molecule has 3 heterocycles. The first kappa shape index (κ1) is 29.2. The molecule has 3 aliphatic rings. The van der Waals surface area contributed by atoms with Gasteiger partial charge in [0.05, 0.1) is 31.9 Å². The Morgan fingerprint density at radius 2 is 1.90 bits per heavy atom. The molecule has 13 nitrogen and oxygen atoms in total. The van der Waals surface area contributed by atoms with Crippen molar-refractivity contribution >= 4 is 11.9 Å². The topological polar surface area (TPSA) is 159 Å². The highest BCUT2D eigenvalue weighted by Crippen LogP contribution is 2.32. The van der Waals surface area contributed by atoms with Crippen molar-refractivity contribution in [2.75, 3.05) is 26.4 Å². The summed E-state index contributed by atoms with van der Waals surface area (Å²) in [4.78, 5) is 43.0. The zero-order valence-electron chi connectivity index (χ0n) is 22.2. The van der Waals surface area contributed by atoms with Gasteiger partial charge >= 0.3 is 5.97 Å². The Morgan fingerprint density at radius 1 is 1.21 bits per heavy atom.